The van der Waals surface area contributed by atoms with Gasteiger partial charge in [0, 0.05) is 6.42 Å². The zero-order valence-corrected chi connectivity index (χ0v) is 7.91. The average Bonchev–Trinajstić information content (AvgIpc) is 2.11. The molecule has 0 N–H and O–H groups in total. The van der Waals surface area contributed by atoms with Crippen molar-refractivity contribution in [3.8, 4) is 0 Å². The lowest BCUT2D eigenvalue weighted by atomic mass is 10.1. The predicted molar refractivity (Wildman–Crippen MR) is 55.5 cm³/mol. The Bertz CT molecular complexity index is 234. The molecular formula is C12H16O. The maximum atomic E-state index is 11.2. The van der Waals surface area contributed by atoms with Crippen LogP contribution >= 0.6 is 0 Å². The van der Waals surface area contributed by atoms with Gasteiger partial charge >= 0.3 is 0 Å². The van der Waals surface area contributed by atoms with E-state index in [1.54, 1.807) is 6.08 Å². The molecule has 1 aliphatic rings. The Morgan fingerprint density at radius 2 is 1.77 bits per heavy atom. The topological polar surface area (TPSA) is 17.1 Å². The molecule has 0 aromatic rings. The molecule has 0 aromatic carbocycles. The van der Waals surface area contributed by atoms with Crippen molar-refractivity contribution in [2.45, 2.75) is 32.1 Å². The van der Waals surface area contributed by atoms with Gasteiger partial charge in [-0.1, -0.05) is 36.8 Å². The number of hydrogen-bond donors (Lipinski definition) is 0. The van der Waals surface area contributed by atoms with Crippen LogP contribution in [0.25, 0.3) is 0 Å². The summed E-state index contributed by atoms with van der Waals surface area (Å²) in [5.74, 6) is 0.245. The molecule has 0 aromatic heterocycles. The molecule has 0 unspecified atom stereocenters. The van der Waals surface area contributed by atoms with Crippen LogP contribution in [0.1, 0.15) is 32.1 Å². The normalized spacial score (nSPS) is 19.5. The highest BCUT2D eigenvalue weighted by Crippen LogP contribution is 2.05. The molecule has 13 heavy (non-hydrogen) atoms. The monoisotopic (exact) mass is 176 g/mol. The highest BCUT2D eigenvalue weighted by atomic mass is 16.1. The van der Waals surface area contributed by atoms with Gasteiger partial charge in [-0.2, -0.15) is 0 Å². The van der Waals surface area contributed by atoms with Crippen molar-refractivity contribution in [2.24, 2.45) is 0 Å². The van der Waals surface area contributed by atoms with Crippen molar-refractivity contribution < 1.29 is 4.79 Å². The van der Waals surface area contributed by atoms with E-state index >= 15 is 0 Å². The van der Waals surface area contributed by atoms with Gasteiger partial charge in [-0.3, -0.25) is 4.79 Å². The Kier molecular flexibility index (Phi) is 4.92. The minimum Gasteiger partial charge on any atom is -0.295 e. The van der Waals surface area contributed by atoms with E-state index < -0.39 is 0 Å². The summed E-state index contributed by atoms with van der Waals surface area (Å²) in [5.41, 5.74) is 0. The van der Waals surface area contributed by atoms with Crippen LogP contribution < -0.4 is 0 Å². The molecule has 70 valence electrons. The van der Waals surface area contributed by atoms with E-state index in [0.717, 1.165) is 19.3 Å². The molecule has 0 aliphatic heterocycles. The van der Waals surface area contributed by atoms with Crippen LogP contribution in [0, 0.1) is 0 Å². The average molecular weight is 176 g/mol. The van der Waals surface area contributed by atoms with Crippen molar-refractivity contribution in [2.75, 3.05) is 0 Å². The summed E-state index contributed by atoms with van der Waals surface area (Å²) in [6.07, 6.45) is 16.8. The lowest BCUT2D eigenvalue weighted by Crippen LogP contribution is -1.91. The lowest BCUT2D eigenvalue weighted by molar-refractivity contribution is -0.114. The molecule has 1 heteroatoms. The number of rotatable bonds is 0. The Morgan fingerprint density at radius 3 is 2.69 bits per heavy atom. The summed E-state index contributed by atoms with van der Waals surface area (Å²) in [4.78, 5) is 11.2. The summed E-state index contributed by atoms with van der Waals surface area (Å²) in [7, 11) is 0. The van der Waals surface area contributed by atoms with Gasteiger partial charge in [0.15, 0.2) is 5.78 Å². The molecule has 1 aliphatic carbocycles. The summed E-state index contributed by atoms with van der Waals surface area (Å²) >= 11 is 0. The molecule has 0 saturated heterocycles. The summed E-state index contributed by atoms with van der Waals surface area (Å²) in [5, 5.41) is 0. The molecule has 0 atom stereocenters. The van der Waals surface area contributed by atoms with Crippen LogP contribution in [-0.2, 0) is 4.79 Å². The third-order valence-corrected chi connectivity index (χ3v) is 2.05. The zero-order valence-electron chi connectivity index (χ0n) is 7.91. The van der Waals surface area contributed by atoms with E-state index in [-0.39, 0.29) is 5.78 Å². The first-order chi connectivity index (χ1) is 6.39. The van der Waals surface area contributed by atoms with Crippen molar-refractivity contribution in [3.63, 3.8) is 0 Å². The van der Waals surface area contributed by atoms with Crippen LogP contribution in [0.15, 0.2) is 36.5 Å². The highest BCUT2D eigenvalue weighted by molar-refractivity contribution is 5.89. The quantitative estimate of drug-likeness (QED) is 0.554. The van der Waals surface area contributed by atoms with Gasteiger partial charge in [0.05, 0.1) is 0 Å². The number of carbonyl (C=O) groups excluding carboxylic acids is 1. The second kappa shape index (κ2) is 6.41. The van der Waals surface area contributed by atoms with Gasteiger partial charge in [-0.15, -0.1) is 0 Å². The Balaban J connectivity index is 2.48. The van der Waals surface area contributed by atoms with Crippen LogP contribution in [0.5, 0.6) is 0 Å². The SMILES string of the molecule is O=C1C=CC=CC=CCCCCC1. The molecule has 1 nitrogen and oxygen atoms in total. The molecule has 0 radical (unpaired) electrons. The molecular weight excluding hydrogens is 160 g/mol. The number of ketones is 1. The smallest absolute Gasteiger partial charge is 0.155 e. The first-order valence-corrected chi connectivity index (χ1v) is 4.92. The van der Waals surface area contributed by atoms with Crippen molar-refractivity contribution in [1.29, 1.82) is 0 Å². The number of hydrogen-bond acceptors (Lipinski definition) is 1. The van der Waals surface area contributed by atoms with Crippen LogP contribution in [0.2, 0.25) is 0 Å². The van der Waals surface area contributed by atoms with Gasteiger partial charge in [0.1, 0.15) is 0 Å². The molecule has 0 saturated carbocycles. The number of allylic oxidation sites excluding steroid dienone is 6. The van der Waals surface area contributed by atoms with E-state index in [0.29, 0.717) is 6.42 Å². The summed E-state index contributed by atoms with van der Waals surface area (Å²) in [6, 6.07) is 0. The minimum atomic E-state index is 0.245. The van der Waals surface area contributed by atoms with E-state index in [1.807, 2.05) is 24.3 Å². The molecule has 0 spiro atoms. The first kappa shape index (κ1) is 9.97. The second-order valence-corrected chi connectivity index (χ2v) is 3.24. The highest BCUT2D eigenvalue weighted by Gasteiger charge is 1.95. The maximum absolute atomic E-state index is 11.2. The van der Waals surface area contributed by atoms with Crippen molar-refractivity contribution >= 4 is 5.78 Å². The molecule has 0 bridgehead atoms. The van der Waals surface area contributed by atoms with Gasteiger partial charge in [-0.05, 0) is 25.3 Å². The zero-order chi connectivity index (χ0) is 9.36. The second-order valence-electron chi connectivity index (χ2n) is 3.24. The maximum Gasteiger partial charge on any atom is 0.155 e. The van der Waals surface area contributed by atoms with E-state index in [1.165, 1.54) is 6.42 Å². The van der Waals surface area contributed by atoms with Gasteiger partial charge in [-0.25, -0.2) is 0 Å². The Labute approximate surface area is 79.8 Å². The largest absolute Gasteiger partial charge is 0.295 e. The van der Waals surface area contributed by atoms with E-state index in [4.69, 9.17) is 0 Å². The fraction of sp³-hybridized carbons (Fsp3) is 0.417. The Hall–Kier alpha value is -1.11. The molecule has 0 amide bonds. The van der Waals surface area contributed by atoms with Gasteiger partial charge < -0.3 is 0 Å². The van der Waals surface area contributed by atoms with Gasteiger partial charge in [0.2, 0.25) is 0 Å². The van der Waals surface area contributed by atoms with Crippen LogP contribution in [-0.4, -0.2) is 5.78 Å². The molecule has 0 fully saturated rings. The molecule has 0 heterocycles. The minimum absolute atomic E-state index is 0.245. The summed E-state index contributed by atoms with van der Waals surface area (Å²) in [6.45, 7) is 0. The summed E-state index contributed by atoms with van der Waals surface area (Å²) < 4.78 is 0. The third kappa shape index (κ3) is 5.18. The predicted octanol–water partition coefficient (Wildman–Crippen LogP) is 3.19. The fourth-order valence-corrected chi connectivity index (χ4v) is 1.29. The van der Waals surface area contributed by atoms with E-state index in [2.05, 4.69) is 6.08 Å². The van der Waals surface area contributed by atoms with Crippen molar-refractivity contribution in [3.05, 3.63) is 36.5 Å². The number of carbonyl (C=O) groups is 1. The third-order valence-electron chi connectivity index (χ3n) is 2.05. The lowest BCUT2D eigenvalue weighted by Gasteiger charge is -1.96. The first-order valence-electron chi connectivity index (χ1n) is 4.92. The van der Waals surface area contributed by atoms with Crippen molar-refractivity contribution in [1.82, 2.24) is 0 Å². The van der Waals surface area contributed by atoms with Gasteiger partial charge in [0.25, 0.3) is 0 Å². The Morgan fingerprint density at radius 1 is 0.923 bits per heavy atom. The standard InChI is InChI=1S/C12H16O/c13-12-10-8-6-4-2-1-3-5-7-9-11-12/h1-2,4,6,8,10H,3,5,7,9,11H2. The van der Waals surface area contributed by atoms with Crippen LogP contribution in [0.3, 0.4) is 0 Å². The van der Waals surface area contributed by atoms with Crippen LogP contribution in [0.4, 0.5) is 0 Å². The fourth-order valence-electron chi connectivity index (χ4n) is 1.29. The molecule has 1 rings (SSSR count). The van der Waals surface area contributed by atoms with E-state index in [9.17, 15) is 4.79 Å².